The normalized spacial score (nSPS) is 12.4. The van der Waals surface area contributed by atoms with Gasteiger partial charge in [-0.1, -0.05) is 47.5 Å². The van der Waals surface area contributed by atoms with Crippen LogP contribution in [0.1, 0.15) is 17.0 Å². The second kappa shape index (κ2) is 6.38. The third kappa shape index (κ3) is 3.47. The second-order valence-corrected chi connectivity index (χ2v) is 5.13. The third-order valence-corrected chi connectivity index (χ3v) is 3.92. The van der Waals surface area contributed by atoms with Crippen LogP contribution in [0, 0.1) is 5.82 Å². The van der Waals surface area contributed by atoms with Crippen molar-refractivity contribution in [2.75, 3.05) is 6.61 Å². The summed E-state index contributed by atoms with van der Waals surface area (Å²) >= 11 is 12.1. The topological polar surface area (TPSA) is 20.2 Å². The van der Waals surface area contributed by atoms with Crippen LogP contribution in [0.5, 0.6) is 0 Å². The molecule has 1 unspecified atom stereocenters. The fraction of sp³-hybridized carbons (Fsp3) is 0.200. The Balaban J connectivity index is 2.24. The van der Waals surface area contributed by atoms with E-state index in [1.54, 1.807) is 18.2 Å². The van der Waals surface area contributed by atoms with E-state index in [-0.39, 0.29) is 18.3 Å². The van der Waals surface area contributed by atoms with Crippen molar-refractivity contribution in [2.24, 2.45) is 0 Å². The first-order valence-electron chi connectivity index (χ1n) is 5.91. The molecule has 19 heavy (non-hydrogen) atoms. The predicted molar refractivity (Wildman–Crippen MR) is 76.4 cm³/mol. The van der Waals surface area contributed by atoms with Crippen molar-refractivity contribution in [1.82, 2.24) is 0 Å². The van der Waals surface area contributed by atoms with Gasteiger partial charge in [0.2, 0.25) is 0 Å². The first-order chi connectivity index (χ1) is 9.11. The van der Waals surface area contributed by atoms with E-state index < -0.39 is 0 Å². The van der Waals surface area contributed by atoms with E-state index in [9.17, 15) is 9.50 Å². The van der Waals surface area contributed by atoms with Gasteiger partial charge < -0.3 is 5.11 Å². The van der Waals surface area contributed by atoms with Gasteiger partial charge in [-0.05, 0) is 35.7 Å². The fourth-order valence-corrected chi connectivity index (χ4v) is 2.39. The van der Waals surface area contributed by atoms with Gasteiger partial charge in [-0.15, -0.1) is 0 Å². The molecule has 2 aromatic rings. The van der Waals surface area contributed by atoms with E-state index in [4.69, 9.17) is 23.2 Å². The Morgan fingerprint density at radius 3 is 2.37 bits per heavy atom. The molecule has 0 saturated carbocycles. The van der Waals surface area contributed by atoms with Gasteiger partial charge in [-0.3, -0.25) is 0 Å². The lowest BCUT2D eigenvalue weighted by atomic mass is 9.92. The Morgan fingerprint density at radius 2 is 1.74 bits per heavy atom. The molecule has 0 saturated heterocycles. The molecule has 0 aliphatic carbocycles. The maximum absolute atomic E-state index is 12.9. The summed E-state index contributed by atoms with van der Waals surface area (Å²) in [5.74, 6) is -0.419. The van der Waals surface area contributed by atoms with Crippen LogP contribution in [-0.2, 0) is 6.42 Å². The van der Waals surface area contributed by atoms with Crippen molar-refractivity contribution >= 4 is 23.2 Å². The summed E-state index contributed by atoms with van der Waals surface area (Å²) in [5.41, 5.74) is 1.75. The summed E-state index contributed by atoms with van der Waals surface area (Å²) < 4.78 is 12.9. The van der Waals surface area contributed by atoms with Crippen LogP contribution in [0.4, 0.5) is 4.39 Å². The molecule has 2 aromatic carbocycles. The molecule has 0 spiro atoms. The van der Waals surface area contributed by atoms with Crippen molar-refractivity contribution in [3.63, 3.8) is 0 Å². The van der Waals surface area contributed by atoms with Gasteiger partial charge in [0.15, 0.2) is 0 Å². The second-order valence-electron chi connectivity index (χ2n) is 4.35. The lowest BCUT2D eigenvalue weighted by Crippen LogP contribution is -2.08. The molecular weight excluding hydrogens is 286 g/mol. The molecule has 1 nitrogen and oxygen atoms in total. The Kier molecular flexibility index (Phi) is 4.81. The van der Waals surface area contributed by atoms with Crippen LogP contribution in [0.2, 0.25) is 10.0 Å². The zero-order chi connectivity index (χ0) is 13.8. The zero-order valence-corrected chi connectivity index (χ0v) is 11.6. The van der Waals surface area contributed by atoms with Crippen molar-refractivity contribution in [1.29, 1.82) is 0 Å². The van der Waals surface area contributed by atoms with Crippen LogP contribution in [0.15, 0.2) is 42.5 Å². The van der Waals surface area contributed by atoms with Gasteiger partial charge >= 0.3 is 0 Å². The van der Waals surface area contributed by atoms with Gasteiger partial charge in [-0.2, -0.15) is 0 Å². The minimum absolute atomic E-state index is 0.0333. The first kappa shape index (κ1) is 14.3. The van der Waals surface area contributed by atoms with Crippen LogP contribution in [0.25, 0.3) is 0 Å². The van der Waals surface area contributed by atoms with Crippen LogP contribution >= 0.6 is 23.2 Å². The molecule has 0 aliphatic rings. The quantitative estimate of drug-likeness (QED) is 0.884. The van der Waals surface area contributed by atoms with Gasteiger partial charge in [0.05, 0.1) is 16.7 Å². The Bertz CT molecular complexity index is 555. The van der Waals surface area contributed by atoms with Crippen LogP contribution in [-0.4, -0.2) is 11.7 Å². The van der Waals surface area contributed by atoms with E-state index in [1.165, 1.54) is 12.1 Å². The largest absolute Gasteiger partial charge is 0.396 e. The number of rotatable bonds is 4. The van der Waals surface area contributed by atoms with E-state index in [2.05, 4.69) is 0 Å². The highest BCUT2D eigenvalue weighted by atomic mass is 35.5. The highest BCUT2D eigenvalue weighted by Gasteiger charge is 2.14. The molecule has 0 aromatic heterocycles. The number of hydrogen-bond donors (Lipinski definition) is 1. The Hall–Kier alpha value is -1.09. The number of aliphatic hydroxyl groups is 1. The van der Waals surface area contributed by atoms with E-state index in [1.807, 2.05) is 12.1 Å². The number of halogens is 3. The smallest absolute Gasteiger partial charge is 0.123 e. The standard InChI is InChI=1S/C15H13Cl2FO/c16-14-3-1-2-11(15(14)17)8-12(9-19)10-4-6-13(18)7-5-10/h1-7,12,19H,8-9H2. The summed E-state index contributed by atoms with van der Waals surface area (Å²) in [6.07, 6.45) is 0.557. The lowest BCUT2D eigenvalue weighted by Gasteiger charge is -2.16. The molecule has 0 heterocycles. The predicted octanol–water partition coefficient (Wildman–Crippen LogP) is 4.45. The lowest BCUT2D eigenvalue weighted by molar-refractivity contribution is 0.264. The molecule has 2 rings (SSSR count). The molecule has 0 fully saturated rings. The minimum Gasteiger partial charge on any atom is -0.396 e. The summed E-state index contributed by atoms with van der Waals surface area (Å²) in [4.78, 5) is 0. The highest BCUT2D eigenvalue weighted by molar-refractivity contribution is 6.42. The van der Waals surface area contributed by atoms with Gasteiger partial charge in [0.25, 0.3) is 0 Å². The van der Waals surface area contributed by atoms with E-state index in [0.717, 1.165) is 11.1 Å². The Morgan fingerprint density at radius 1 is 1.05 bits per heavy atom. The SMILES string of the molecule is OCC(Cc1cccc(Cl)c1Cl)c1ccc(F)cc1. The number of aliphatic hydroxyl groups excluding tert-OH is 1. The maximum atomic E-state index is 12.9. The van der Waals surface area contributed by atoms with Gasteiger partial charge in [0.1, 0.15) is 5.82 Å². The number of benzene rings is 2. The molecular formula is C15H13Cl2FO. The van der Waals surface area contributed by atoms with Crippen molar-refractivity contribution in [3.8, 4) is 0 Å². The van der Waals surface area contributed by atoms with Crippen LogP contribution in [0.3, 0.4) is 0 Å². The molecule has 4 heteroatoms. The van der Waals surface area contributed by atoms with E-state index in [0.29, 0.717) is 16.5 Å². The Labute approximate surface area is 121 Å². The highest BCUT2D eigenvalue weighted by Crippen LogP contribution is 2.30. The molecule has 100 valence electrons. The monoisotopic (exact) mass is 298 g/mol. The average molecular weight is 299 g/mol. The zero-order valence-electron chi connectivity index (χ0n) is 10.1. The van der Waals surface area contributed by atoms with Crippen molar-refractivity contribution in [3.05, 3.63) is 69.5 Å². The third-order valence-electron chi connectivity index (χ3n) is 3.06. The van der Waals surface area contributed by atoms with Crippen LogP contribution < -0.4 is 0 Å². The fourth-order valence-electron chi connectivity index (χ4n) is 1.99. The van der Waals surface area contributed by atoms with Gasteiger partial charge in [-0.25, -0.2) is 4.39 Å². The molecule has 1 atom stereocenters. The summed E-state index contributed by atoms with van der Waals surface area (Å²) in [6.45, 7) is -0.0333. The summed E-state index contributed by atoms with van der Waals surface area (Å²) in [5, 5.41) is 10.5. The maximum Gasteiger partial charge on any atom is 0.123 e. The molecule has 0 aliphatic heterocycles. The summed E-state index contributed by atoms with van der Waals surface area (Å²) in [6, 6.07) is 11.5. The van der Waals surface area contributed by atoms with Crippen molar-refractivity contribution in [2.45, 2.75) is 12.3 Å². The summed E-state index contributed by atoms with van der Waals surface area (Å²) in [7, 11) is 0. The molecule has 0 amide bonds. The minimum atomic E-state index is -0.291. The van der Waals surface area contributed by atoms with Gasteiger partial charge in [0, 0.05) is 5.92 Å². The first-order valence-corrected chi connectivity index (χ1v) is 6.66. The number of hydrogen-bond acceptors (Lipinski definition) is 1. The average Bonchev–Trinajstić information content (AvgIpc) is 2.42. The molecule has 1 N–H and O–H groups in total. The molecule has 0 bridgehead atoms. The van der Waals surface area contributed by atoms with E-state index >= 15 is 0 Å². The molecule has 0 radical (unpaired) electrons. The van der Waals surface area contributed by atoms with Crippen molar-refractivity contribution < 1.29 is 9.50 Å².